The summed E-state index contributed by atoms with van der Waals surface area (Å²) in [6.07, 6.45) is 1.06. The first kappa shape index (κ1) is 18.0. The van der Waals surface area contributed by atoms with Crippen LogP contribution >= 0.6 is 0 Å². The number of halogens is 1. The Morgan fingerprint density at radius 2 is 1.81 bits per heavy atom. The fourth-order valence-electron chi connectivity index (χ4n) is 2.96. The quantitative estimate of drug-likeness (QED) is 0.891. The molecule has 0 fully saturated rings. The van der Waals surface area contributed by atoms with Crippen LogP contribution < -0.4 is 9.46 Å². The highest BCUT2D eigenvalue weighted by Gasteiger charge is 2.36. The predicted octanol–water partition coefficient (Wildman–Crippen LogP) is 3.69. The maximum atomic E-state index is 13.3. The Morgan fingerprint density at radius 3 is 2.38 bits per heavy atom. The number of benzene rings is 2. The Morgan fingerprint density at radius 1 is 1.15 bits per heavy atom. The highest BCUT2D eigenvalue weighted by molar-refractivity contribution is 7.92. The lowest BCUT2D eigenvalue weighted by atomic mass is 9.83. The first-order valence-electron chi connectivity index (χ1n) is 7.83. The summed E-state index contributed by atoms with van der Waals surface area (Å²) in [6, 6.07) is 12.9. The number of hydrogen-bond acceptors (Lipinski definition) is 4. The van der Waals surface area contributed by atoms with Crippen molar-refractivity contribution >= 4 is 21.3 Å². The van der Waals surface area contributed by atoms with Crippen LogP contribution in [0.25, 0.3) is 5.57 Å². The Hall–Kier alpha value is -2.85. The molecular formula is C19H17FN2O3S. The van der Waals surface area contributed by atoms with Gasteiger partial charge in [-0.1, -0.05) is 12.1 Å². The van der Waals surface area contributed by atoms with Crippen molar-refractivity contribution in [1.82, 2.24) is 0 Å². The topological polar surface area (TPSA) is 79.2 Å². The summed E-state index contributed by atoms with van der Waals surface area (Å²) in [4.78, 5) is 0. The third-order valence-electron chi connectivity index (χ3n) is 4.02. The van der Waals surface area contributed by atoms with Crippen molar-refractivity contribution in [2.24, 2.45) is 0 Å². The number of nitriles is 1. The largest absolute Gasteiger partial charge is 0.482 e. The Balaban J connectivity index is 2.23. The van der Waals surface area contributed by atoms with Crippen LogP contribution in [0.2, 0.25) is 0 Å². The first-order chi connectivity index (χ1) is 12.1. The molecule has 3 rings (SSSR count). The molecule has 2 aromatic carbocycles. The van der Waals surface area contributed by atoms with E-state index in [1.54, 1.807) is 44.2 Å². The zero-order valence-electron chi connectivity index (χ0n) is 14.5. The predicted molar refractivity (Wildman–Crippen MR) is 97.7 cm³/mol. The molecule has 0 unspecified atom stereocenters. The van der Waals surface area contributed by atoms with Crippen LogP contribution in [0.15, 0.2) is 48.0 Å². The molecule has 0 atom stereocenters. The van der Waals surface area contributed by atoms with Crippen molar-refractivity contribution in [2.75, 3.05) is 11.0 Å². The van der Waals surface area contributed by atoms with E-state index < -0.39 is 15.6 Å². The van der Waals surface area contributed by atoms with E-state index in [0.717, 1.165) is 6.26 Å². The van der Waals surface area contributed by atoms with Crippen LogP contribution in [0.5, 0.6) is 5.75 Å². The Bertz CT molecular complexity index is 1050. The van der Waals surface area contributed by atoms with Crippen LogP contribution in [-0.2, 0) is 10.0 Å². The number of hydrogen-bond donors (Lipinski definition) is 1. The molecule has 1 aliphatic rings. The molecule has 134 valence electrons. The first-order valence-corrected chi connectivity index (χ1v) is 9.72. The van der Waals surface area contributed by atoms with Gasteiger partial charge in [-0.3, -0.25) is 4.72 Å². The lowest BCUT2D eigenvalue weighted by molar-refractivity contribution is 0.149. The van der Waals surface area contributed by atoms with Gasteiger partial charge in [0, 0.05) is 17.2 Å². The van der Waals surface area contributed by atoms with E-state index in [1.165, 1.54) is 12.1 Å². The molecular weight excluding hydrogens is 355 g/mol. The van der Waals surface area contributed by atoms with Gasteiger partial charge in [-0.25, -0.2) is 12.8 Å². The molecule has 1 N–H and O–H groups in total. The number of fused-ring (bicyclic) bond motifs is 1. The summed E-state index contributed by atoms with van der Waals surface area (Å²) in [5.41, 5.74) is 1.83. The Labute approximate surface area is 151 Å². The average Bonchev–Trinajstić information content (AvgIpc) is 2.52. The van der Waals surface area contributed by atoms with E-state index in [1.807, 2.05) is 0 Å². The molecule has 1 aliphatic heterocycles. The van der Waals surface area contributed by atoms with Gasteiger partial charge in [0.1, 0.15) is 17.2 Å². The van der Waals surface area contributed by atoms with Crippen LogP contribution in [0.3, 0.4) is 0 Å². The second-order valence-corrected chi connectivity index (χ2v) is 8.31. The lowest BCUT2D eigenvalue weighted by Gasteiger charge is -2.34. The SMILES string of the molecule is CC1(C)Oc2cc(NS(C)(=O)=O)ccc2C(c2ccc(F)cc2)=C1C#N. The number of rotatable bonds is 3. The van der Waals surface area contributed by atoms with Gasteiger partial charge in [-0.15, -0.1) is 0 Å². The van der Waals surface area contributed by atoms with Crippen molar-refractivity contribution in [2.45, 2.75) is 19.4 Å². The smallest absolute Gasteiger partial charge is 0.229 e. The van der Waals surface area contributed by atoms with Crippen molar-refractivity contribution in [3.05, 3.63) is 65.0 Å². The minimum Gasteiger partial charge on any atom is -0.482 e. The van der Waals surface area contributed by atoms with Crippen molar-refractivity contribution in [3.8, 4) is 11.8 Å². The fraction of sp³-hybridized carbons (Fsp3) is 0.211. The van der Waals surface area contributed by atoms with Crippen molar-refractivity contribution < 1.29 is 17.5 Å². The zero-order valence-corrected chi connectivity index (χ0v) is 15.3. The second-order valence-electron chi connectivity index (χ2n) is 6.57. The second kappa shape index (κ2) is 6.15. The molecule has 0 bridgehead atoms. The highest BCUT2D eigenvalue weighted by atomic mass is 32.2. The van der Waals surface area contributed by atoms with E-state index in [2.05, 4.69) is 10.8 Å². The number of nitrogens with zero attached hydrogens (tertiary/aromatic N) is 1. The normalized spacial score (nSPS) is 15.7. The third-order valence-corrected chi connectivity index (χ3v) is 4.62. The molecule has 7 heteroatoms. The van der Waals surface area contributed by atoms with Crippen molar-refractivity contribution in [1.29, 1.82) is 5.26 Å². The van der Waals surface area contributed by atoms with Gasteiger partial charge in [0.15, 0.2) is 0 Å². The summed E-state index contributed by atoms with van der Waals surface area (Å²) in [6.45, 7) is 3.52. The standard InChI is InChI=1S/C19H17FN2O3S/c1-19(2)16(11-21)18(12-4-6-13(20)7-5-12)15-9-8-14(10-17(15)25-19)22-26(3,23)24/h4-10,22H,1-3H3. The van der Waals surface area contributed by atoms with Crippen LogP contribution in [0, 0.1) is 17.1 Å². The van der Waals surface area contributed by atoms with Gasteiger partial charge in [0.05, 0.1) is 23.6 Å². The molecule has 0 saturated carbocycles. The summed E-state index contributed by atoms with van der Waals surface area (Å²) < 4.78 is 44.6. The summed E-state index contributed by atoms with van der Waals surface area (Å²) in [5, 5.41) is 9.69. The summed E-state index contributed by atoms with van der Waals surface area (Å²) >= 11 is 0. The fourth-order valence-corrected chi connectivity index (χ4v) is 3.51. The monoisotopic (exact) mass is 372 g/mol. The third kappa shape index (κ3) is 3.41. The number of anilines is 1. The summed E-state index contributed by atoms with van der Waals surface area (Å²) in [7, 11) is -3.43. The van der Waals surface area contributed by atoms with E-state index >= 15 is 0 Å². The molecule has 0 spiro atoms. The molecule has 1 heterocycles. The molecule has 0 radical (unpaired) electrons. The van der Waals surface area contributed by atoms with Gasteiger partial charge in [-0.05, 0) is 43.7 Å². The average molecular weight is 372 g/mol. The molecule has 0 amide bonds. The minimum absolute atomic E-state index is 0.362. The van der Waals surface area contributed by atoms with Gasteiger partial charge in [-0.2, -0.15) is 5.26 Å². The molecule has 0 saturated heterocycles. The minimum atomic E-state index is -3.43. The van der Waals surface area contributed by atoms with E-state index in [-0.39, 0.29) is 5.82 Å². The zero-order chi connectivity index (χ0) is 19.1. The molecule has 0 aliphatic carbocycles. The van der Waals surface area contributed by atoms with Crippen LogP contribution in [0.4, 0.5) is 10.1 Å². The van der Waals surface area contributed by atoms with Crippen molar-refractivity contribution in [3.63, 3.8) is 0 Å². The van der Waals surface area contributed by atoms with E-state index in [0.29, 0.717) is 33.7 Å². The molecule has 0 aromatic heterocycles. The van der Waals surface area contributed by atoms with Crippen LogP contribution in [-0.4, -0.2) is 20.3 Å². The lowest BCUT2D eigenvalue weighted by Crippen LogP contribution is -2.34. The molecule has 26 heavy (non-hydrogen) atoms. The number of ether oxygens (including phenoxy) is 1. The van der Waals surface area contributed by atoms with Gasteiger partial charge < -0.3 is 4.74 Å². The number of nitrogens with one attached hydrogen (secondary N) is 1. The molecule has 5 nitrogen and oxygen atoms in total. The Kier molecular flexibility index (Phi) is 4.24. The maximum Gasteiger partial charge on any atom is 0.229 e. The summed E-state index contributed by atoms with van der Waals surface area (Å²) in [5.74, 6) is 0.0778. The van der Waals surface area contributed by atoms with Crippen LogP contribution in [0.1, 0.15) is 25.0 Å². The van der Waals surface area contributed by atoms with Gasteiger partial charge >= 0.3 is 0 Å². The highest BCUT2D eigenvalue weighted by Crippen LogP contribution is 2.44. The maximum absolute atomic E-state index is 13.3. The van der Waals surface area contributed by atoms with E-state index in [4.69, 9.17) is 4.74 Å². The van der Waals surface area contributed by atoms with E-state index in [9.17, 15) is 18.1 Å². The van der Waals surface area contributed by atoms with Gasteiger partial charge in [0.25, 0.3) is 0 Å². The number of sulfonamides is 1. The molecule has 2 aromatic rings. The van der Waals surface area contributed by atoms with Gasteiger partial charge in [0.2, 0.25) is 10.0 Å².